The molecule has 122 valence electrons. The van der Waals surface area contributed by atoms with Crippen molar-refractivity contribution < 1.29 is 9.53 Å². The Balaban J connectivity index is 1.85. The molecule has 1 N–H and O–H groups in total. The Morgan fingerprint density at radius 2 is 2.32 bits per heavy atom. The molecule has 0 aliphatic carbocycles. The first-order valence-corrected chi connectivity index (χ1v) is 8.20. The maximum atomic E-state index is 12.3. The number of amides is 1. The number of methoxy groups -OCH3 is 1. The number of piperidine rings is 1. The number of ether oxygens (including phenoxy) is 1. The highest BCUT2D eigenvalue weighted by atomic mass is 16.5. The smallest absolute Gasteiger partial charge is 0.251 e. The zero-order chi connectivity index (χ0) is 15.9. The summed E-state index contributed by atoms with van der Waals surface area (Å²) in [5.41, 5.74) is 1.72. The van der Waals surface area contributed by atoms with Gasteiger partial charge in [0.1, 0.15) is 0 Å². The number of benzene rings is 1. The van der Waals surface area contributed by atoms with E-state index in [0.29, 0.717) is 24.8 Å². The summed E-state index contributed by atoms with van der Waals surface area (Å²) in [5, 5.41) is 3.06. The number of hydrogen-bond acceptors (Lipinski definition) is 3. The van der Waals surface area contributed by atoms with Crippen LogP contribution < -0.4 is 5.32 Å². The maximum Gasteiger partial charge on any atom is 0.251 e. The van der Waals surface area contributed by atoms with Crippen molar-refractivity contribution in [1.29, 1.82) is 0 Å². The minimum absolute atomic E-state index is 0.00476. The Morgan fingerprint density at radius 1 is 1.50 bits per heavy atom. The first-order valence-electron chi connectivity index (χ1n) is 8.20. The van der Waals surface area contributed by atoms with Crippen LogP contribution in [0.4, 0.5) is 0 Å². The van der Waals surface area contributed by atoms with Gasteiger partial charge in [0.15, 0.2) is 0 Å². The molecular weight excluding hydrogens is 276 g/mol. The van der Waals surface area contributed by atoms with E-state index in [0.717, 1.165) is 24.6 Å². The average Bonchev–Trinajstić information content (AvgIpc) is 2.53. The van der Waals surface area contributed by atoms with Gasteiger partial charge in [0, 0.05) is 31.8 Å². The summed E-state index contributed by atoms with van der Waals surface area (Å²) >= 11 is 0. The van der Waals surface area contributed by atoms with Crippen molar-refractivity contribution in [3.05, 3.63) is 35.4 Å². The number of rotatable bonds is 6. The van der Waals surface area contributed by atoms with Gasteiger partial charge in [-0.1, -0.05) is 19.1 Å². The van der Waals surface area contributed by atoms with Gasteiger partial charge in [-0.15, -0.1) is 0 Å². The third kappa shape index (κ3) is 4.82. The number of carbonyl (C=O) groups is 1. The summed E-state index contributed by atoms with van der Waals surface area (Å²) in [7, 11) is 1.66. The Hall–Kier alpha value is -1.39. The van der Waals surface area contributed by atoms with Gasteiger partial charge in [0.05, 0.1) is 6.61 Å². The summed E-state index contributed by atoms with van der Waals surface area (Å²) in [5.74, 6) is 0.757. The van der Waals surface area contributed by atoms with E-state index in [2.05, 4.69) is 24.1 Å². The number of carbonyl (C=O) groups excluding carboxylic acids is 1. The van der Waals surface area contributed by atoms with E-state index in [4.69, 9.17) is 4.74 Å². The molecule has 1 amide bonds. The molecule has 1 heterocycles. The monoisotopic (exact) mass is 304 g/mol. The summed E-state index contributed by atoms with van der Waals surface area (Å²) in [4.78, 5) is 14.8. The first-order chi connectivity index (χ1) is 10.6. The van der Waals surface area contributed by atoms with E-state index in [1.54, 1.807) is 7.11 Å². The molecule has 0 bridgehead atoms. The highest BCUT2D eigenvalue weighted by Crippen LogP contribution is 2.17. The lowest BCUT2D eigenvalue weighted by atomic mass is 9.99. The van der Waals surface area contributed by atoms with Crippen LogP contribution in [-0.2, 0) is 11.3 Å². The molecule has 0 aromatic heterocycles. The van der Waals surface area contributed by atoms with Crippen LogP contribution in [0.25, 0.3) is 0 Å². The molecule has 2 atom stereocenters. The minimum Gasteiger partial charge on any atom is -0.380 e. The van der Waals surface area contributed by atoms with Crippen molar-refractivity contribution >= 4 is 5.91 Å². The lowest BCUT2D eigenvalue weighted by molar-refractivity contribution is 0.0917. The predicted molar refractivity (Wildman–Crippen MR) is 88.9 cm³/mol. The summed E-state index contributed by atoms with van der Waals surface area (Å²) in [6.07, 6.45) is 2.58. The largest absolute Gasteiger partial charge is 0.380 e. The molecule has 22 heavy (non-hydrogen) atoms. The van der Waals surface area contributed by atoms with Gasteiger partial charge in [0.2, 0.25) is 0 Å². The maximum absolute atomic E-state index is 12.3. The zero-order valence-corrected chi connectivity index (χ0v) is 14.0. The molecule has 4 nitrogen and oxygen atoms in total. The zero-order valence-electron chi connectivity index (χ0n) is 14.0. The van der Waals surface area contributed by atoms with E-state index in [1.165, 1.54) is 12.8 Å². The lowest BCUT2D eigenvalue weighted by Crippen LogP contribution is -2.46. The van der Waals surface area contributed by atoms with Crippen LogP contribution in [0.3, 0.4) is 0 Å². The fraction of sp³-hybridized carbons (Fsp3) is 0.611. The summed E-state index contributed by atoms with van der Waals surface area (Å²) < 4.78 is 5.11. The average molecular weight is 304 g/mol. The molecule has 0 spiro atoms. The van der Waals surface area contributed by atoms with Gasteiger partial charge in [-0.05, 0) is 49.9 Å². The third-order valence-electron chi connectivity index (χ3n) is 4.37. The highest BCUT2D eigenvalue weighted by molar-refractivity contribution is 5.94. The molecular formula is C18H28N2O2. The molecule has 1 aliphatic heterocycles. The van der Waals surface area contributed by atoms with Crippen LogP contribution >= 0.6 is 0 Å². The van der Waals surface area contributed by atoms with E-state index in [-0.39, 0.29) is 5.91 Å². The summed E-state index contributed by atoms with van der Waals surface area (Å²) in [6.45, 7) is 8.01. The molecule has 4 heteroatoms. The van der Waals surface area contributed by atoms with Crippen LogP contribution in [0.5, 0.6) is 0 Å². The van der Waals surface area contributed by atoms with Crippen LogP contribution in [0.15, 0.2) is 24.3 Å². The minimum atomic E-state index is -0.00476. The van der Waals surface area contributed by atoms with E-state index in [9.17, 15) is 4.79 Å². The second-order valence-corrected chi connectivity index (χ2v) is 6.43. The standard InChI is InChI=1S/C18H28N2O2/c1-14-6-5-9-20(12-14)15(2)11-19-18(21)17-8-4-7-16(10-17)13-22-3/h4,7-8,10,14-15H,5-6,9,11-13H2,1-3H3,(H,19,21)/t14-,15-/m0/s1. The van der Waals surface area contributed by atoms with Crippen molar-refractivity contribution in [2.45, 2.75) is 39.3 Å². The van der Waals surface area contributed by atoms with Gasteiger partial charge in [-0.25, -0.2) is 0 Å². The Bertz CT molecular complexity index is 490. The molecule has 1 saturated heterocycles. The Kier molecular flexibility index (Phi) is 6.40. The molecule has 1 aliphatic rings. The SMILES string of the molecule is COCc1cccc(C(=O)NC[C@H](C)N2CCC[C@H](C)C2)c1. The van der Waals surface area contributed by atoms with E-state index >= 15 is 0 Å². The molecule has 0 radical (unpaired) electrons. The first kappa shape index (κ1) is 17.0. The number of nitrogens with one attached hydrogen (secondary N) is 1. The Morgan fingerprint density at radius 3 is 3.05 bits per heavy atom. The highest BCUT2D eigenvalue weighted by Gasteiger charge is 2.21. The molecule has 2 rings (SSSR count). The van der Waals surface area contributed by atoms with Gasteiger partial charge in [-0.2, -0.15) is 0 Å². The number of likely N-dealkylation sites (tertiary alicyclic amines) is 1. The van der Waals surface area contributed by atoms with E-state index in [1.807, 2.05) is 24.3 Å². The number of nitrogens with zero attached hydrogens (tertiary/aromatic N) is 1. The van der Waals surface area contributed by atoms with Gasteiger partial charge in [0.25, 0.3) is 5.91 Å². The van der Waals surface area contributed by atoms with Gasteiger partial charge < -0.3 is 10.1 Å². The molecule has 0 unspecified atom stereocenters. The molecule has 1 fully saturated rings. The van der Waals surface area contributed by atoms with Crippen LogP contribution in [0.1, 0.15) is 42.6 Å². The van der Waals surface area contributed by atoms with Crippen molar-refractivity contribution in [2.75, 3.05) is 26.7 Å². The quantitative estimate of drug-likeness (QED) is 0.878. The fourth-order valence-electron chi connectivity index (χ4n) is 3.07. The lowest BCUT2D eigenvalue weighted by Gasteiger charge is -2.35. The normalized spacial score (nSPS) is 20.6. The fourth-order valence-corrected chi connectivity index (χ4v) is 3.07. The molecule has 1 aromatic rings. The number of hydrogen-bond donors (Lipinski definition) is 1. The van der Waals surface area contributed by atoms with Gasteiger partial charge >= 0.3 is 0 Å². The molecule has 0 saturated carbocycles. The van der Waals surface area contributed by atoms with Crippen molar-refractivity contribution in [1.82, 2.24) is 10.2 Å². The van der Waals surface area contributed by atoms with Crippen molar-refractivity contribution in [3.8, 4) is 0 Å². The predicted octanol–water partition coefficient (Wildman–Crippen LogP) is 2.68. The molecule has 1 aromatic carbocycles. The summed E-state index contributed by atoms with van der Waals surface area (Å²) in [6, 6.07) is 8.00. The third-order valence-corrected chi connectivity index (χ3v) is 4.37. The van der Waals surface area contributed by atoms with Crippen molar-refractivity contribution in [2.24, 2.45) is 5.92 Å². The second-order valence-electron chi connectivity index (χ2n) is 6.43. The van der Waals surface area contributed by atoms with E-state index < -0.39 is 0 Å². The van der Waals surface area contributed by atoms with Crippen LogP contribution in [0, 0.1) is 5.92 Å². The van der Waals surface area contributed by atoms with Gasteiger partial charge in [-0.3, -0.25) is 9.69 Å². The van der Waals surface area contributed by atoms with Crippen LogP contribution in [-0.4, -0.2) is 43.6 Å². The Labute approximate surface area is 133 Å². The van der Waals surface area contributed by atoms with Crippen LogP contribution in [0.2, 0.25) is 0 Å². The second kappa shape index (κ2) is 8.30. The topological polar surface area (TPSA) is 41.6 Å². The van der Waals surface area contributed by atoms with Crippen molar-refractivity contribution in [3.63, 3.8) is 0 Å².